The van der Waals surface area contributed by atoms with Crippen LogP contribution in [0.25, 0.3) is 0 Å². The van der Waals surface area contributed by atoms with Crippen molar-refractivity contribution in [3.8, 4) is 17.2 Å². The average molecular weight is 288 g/mol. The Balaban J connectivity index is 1.96. The molecule has 0 unspecified atom stereocenters. The summed E-state index contributed by atoms with van der Waals surface area (Å²) in [6.07, 6.45) is -0.712. The van der Waals surface area contributed by atoms with Crippen molar-refractivity contribution in [2.45, 2.75) is 13.0 Å². The fourth-order valence-corrected chi connectivity index (χ4v) is 1.94. The van der Waals surface area contributed by atoms with Gasteiger partial charge >= 0.3 is 0 Å². The van der Waals surface area contributed by atoms with Gasteiger partial charge in [0.05, 0.1) is 13.7 Å². The monoisotopic (exact) mass is 288 g/mol. The zero-order valence-electron chi connectivity index (χ0n) is 12.3. The van der Waals surface area contributed by atoms with Crippen molar-refractivity contribution < 1.29 is 19.3 Å². The molecule has 0 amide bonds. The maximum absolute atomic E-state index is 10.2. The van der Waals surface area contributed by atoms with E-state index in [2.05, 4.69) is 0 Å². The number of methoxy groups -OCH3 is 1. The molecule has 0 radical (unpaired) electrons. The summed E-state index contributed by atoms with van der Waals surface area (Å²) in [7, 11) is 1.60. The zero-order chi connectivity index (χ0) is 15.1. The third-order valence-electron chi connectivity index (χ3n) is 3.00. The van der Waals surface area contributed by atoms with E-state index in [1.165, 1.54) is 0 Å². The van der Waals surface area contributed by atoms with E-state index in [1.807, 2.05) is 49.4 Å². The highest BCUT2D eigenvalue weighted by molar-refractivity contribution is 5.33. The van der Waals surface area contributed by atoms with Crippen LogP contribution in [0.1, 0.15) is 18.6 Å². The molecule has 0 aliphatic rings. The molecule has 2 aromatic rings. The third-order valence-corrected chi connectivity index (χ3v) is 3.00. The lowest BCUT2D eigenvalue weighted by molar-refractivity contribution is 0.108. The van der Waals surface area contributed by atoms with Crippen LogP contribution in [-0.2, 0) is 0 Å². The highest BCUT2D eigenvalue weighted by atomic mass is 16.5. The Hall–Kier alpha value is -2.20. The van der Waals surface area contributed by atoms with Gasteiger partial charge in [0.2, 0.25) is 0 Å². The first-order valence-corrected chi connectivity index (χ1v) is 6.90. The van der Waals surface area contributed by atoms with E-state index in [0.717, 1.165) is 11.3 Å². The van der Waals surface area contributed by atoms with Crippen molar-refractivity contribution in [3.63, 3.8) is 0 Å². The van der Waals surface area contributed by atoms with Crippen LogP contribution in [0.15, 0.2) is 48.5 Å². The first-order chi connectivity index (χ1) is 10.2. The molecule has 0 bridgehead atoms. The van der Waals surface area contributed by atoms with Gasteiger partial charge in [0.15, 0.2) is 0 Å². The van der Waals surface area contributed by atoms with Crippen LogP contribution in [0.5, 0.6) is 17.2 Å². The van der Waals surface area contributed by atoms with Gasteiger partial charge in [-0.05, 0) is 36.8 Å². The van der Waals surface area contributed by atoms with E-state index < -0.39 is 6.10 Å². The van der Waals surface area contributed by atoms with Gasteiger partial charge in [-0.3, -0.25) is 0 Å². The van der Waals surface area contributed by atoms with Crippen LogP contribution in [0.2, 0.25) is 0 Å². The van der Waals surface area contributed by atoms with Crippen LogP contribution in [0, 0.1) is 0 Å². The van der Waals surface area contributed by atoms with E-state index >= 15 is 0 Å². The number of hydrogen-bond donors (Lipinski definition) is 1. The molecule has 0 aliphatic heterocycles. The number of ether oxygens (including phenoxy) is 3. The first kappa shape index (κ1) is 15.2. The summed E-state index contributed by atoms with van der Waals surface area (Å²) in [5, 5.41) is 10.2. The van der Waals surface area contributed by atoms with Crippen molar-refractivity contribution in [2.24, 2.45) is 0 Å². The van der Waals surface area contributed by atoms with Gasteiger partial charge in [-0.25, -0.2) is 0 Å². The summed E-state index contributed by atoms with van der Waals surface area (Å²) < 4.78 is 16.2. The molecule has 0 saturated heterocycles. The number of aliphatic hydroxyl groups is 1. The van der Waals surface area contributed by atoms with Gasteiger partial charge in [0.25, 0.3) is 0 Å². The molecule has 0 fully saturated rings. The molecule has 0 spiro atoms. The Kier molecular flexibility index (Phi) is 5.46. The molecule has 0 saturated carbocycles. The predicted molar refractivity (Wildman–Crippen MR) is 81.1 cm³/mol. The van der Waals surface area contributed by atoms with Crippen molar-refractivity contribution in [1.29, 1.82) is 0 Å². The van der Waals surface area contributed by atoms with Gasteiger partial charge in [-0.1, -0.05) is 18.2 Å². The lowest BCUT2D eigenvalue weighted by Crippen LogP contribution is -2.09. The van der Waals surface area contributed by atoms with Crippen LogP contribution in [0.3, 0.4) is 0 Å². The molecule has 4 heteroatoms. The highest BCUT2D eigenvalue weighted by Crippen LogP contribution is 2.23. The quantitative estimate of drug-likeness (QED) is 0.850. The minimum absolute atomic E-state index is 0.169. The minimum Gasteiger partial charge on any atom is -0.497 e. The summed E-state index contributed by atoms with van der Waals surface area (Å²) in [5.41, 5.74) is 0.760. The second-order valence-electron chi connectivity index (χ2n) is 4.51. The van der Waals surface area contributed by atoms with E-state index in [9.17, 15) is 5.11 Å². The molecule has 112 valence electrons. The number of rotatable bonds is 7. The predicted octanol–water partition coefficient (Wildman–Crippen LogP) is 3.21. The van der Waals surface area contributed by atoms with Crippen LogP contribution < -0.4 is 14.2 Å². The summed E-state index contributed by atoms with van der Waals surface area (Å²) >= 11 is 0. The van der Waals surface area contributed by atoms with Gasteiger partial charge in [-0.15, -0.1) is 0 Å². The van der Waals surface area contributed by atoms with Gasteiger partial charge in [0.1, 0.15) is 30.0 Å². The first-order valence-electron chi connectivity index (χ1n) is 6.90. The molecule has 2 aromatic carbocycles. The lowest BCUT2D eigenvalue weighted by atomic mass is 10.1. The Morgan fingerprint density at radius 1 is 0.952 bits per heavy atom. The summed E-state index contributed by atoms with van der Waals surface area (Å²) in [6, 6.07) is 14.7. The second-order valence-corrected chi connectivity index (χ2v) is 4.51. The Morgan fingerprint density at radius 3 is 2.33 bits per heavy atom. The molecule has 1 N–H and O–H groups in total. The Labute approximate surface area is 124 Å². The van der Waals surface area contributed by atoms with Crippen LogP contribution in [0.4, 0.5) is 0 Å². The van der Waals surface area contributed by atoms with Gasteiger partial charge in [0, 0.05) is 6.07 Å². The van der Waals surface area contributed by atoms with E-state index in [0.29, 0.717) is 18.1 Å². The Morgan fingerprint density at radius 2 is 1.62 bits per heavy atom. The van der Waals surface area contributed by atoms with Gasteiger partial charge < -0.3 is 19.3 Å². The van der Waals surface area contributed by atoms with Crippen molar-refractivity contribution in [2.75, 3.05) is 20.3 Å². The number of hydrogen-bond acceptors (Lipinski definition) is 4. The molecule has 0 aromatic heterocycles. The number of benzene rings is 2. The fraction of sp³-hybridized carbons (Fsp3) is 0.294. The number of aliphatic hydroxyl groups excluding tert-OH is 1. The summed E-state index contributed by atoms with van der Waals surface area (Å²) in [6.45, 7) is 2.71. The largest absolute Gasteiger partial charge is 0.497 e. The molecular formula is C17H20O4. The second kappa shape index (κ2) is 7.55. The molecule has 21 heavy (non-hydrogen) atoms. The zero-order valence-corrected chi connectivity index (χ0v) is 12.3. The van der Waals surface area contributed by atoms with Crippen molar-refractivity contribution >= 4 is 0 Å². The summed E-state index contributed by atoms with van der Waals surface area (Å²) in [4.78, 5) is 0. The highest BCUT2D eigenvalue weighted by Gasteiger charge is 2.09. The van der Waals surface area contributed by atoms with Crippen LogP contribution >= 0.6 is 0 Å². The maximum Gasteiger partial charge on any atom is 0.123 e. The van der Waals surface area contributed by atoms with E-state index in [4.69, 9.17) is 14.2 Å². The molecule has 1 atom stereocenters. The molecule has 0 heterocycles. The van der Waals surface area contributed by atoms with Crippen molar-refractivity contribution in [3.05, 3.63) is 54.1 Å². The molecule has 0 aliphatic carbocycles. The molecule has 2 rings (SSSR count). The normalized spacial score (nSPS) is 11.8. The average Bonchev–Trinajstić information content (AvgIpc) is 2.53. The minimum atomic E-state index is -0.712. The topological polar surface area (TPSA) is 47.9 Å². The lowest BCUT2D eigenvalue weighted by Gasteiger charge is -2.14. The van der Waals surface area contributed by atoms with Crippen molar-refractivity contribution in [1.82, 2.24) is 0 Å². The fourth-order valence-electron chi connectivity index (χ4n) is 1.94. The smallest absolute Gasteiger partial charge is 0.123 e. The third kappa shape index (κ3) is 4.39. The maximum atomic E-state index is 10.2. The van der Waals surface area contributed by atoms with Gasteiger partial charge in [-0.2, -0.15) is 0 Å². The Bertz CT molecular complexity index is 568. The SMILES string of the molecule is CCOc1cccc(OC[C@H](O)c2cccc(OC)c2)c1. The summed E-state index contributed by atoms with van der Waals surface area (Å²) in [5.74, 6) is 2.14. The molecule has 4 nitrogen and oxygen atoms in total. The van der Waals surface area contributed by atoms with E-state index in [-0.39, 0.29) is 6.61 Å². The van der Waals surface area contributed by atoms with Crippen LogP contribution in [-0.4, -0.2) is 25.4 Å². The molecular weight excluding hydrogens is 268 g/mol. The standard InChI is InChI=1S/C17H20O4/c1-3-20-15-8-5-9-16(11-15)21-12-17(18)13-6-4-7-14(10-13)19-2/h4-11,17-18H,3,12H2,1-2H3/t17-/m0/s1. The van der Waals surface area contributed by atoms with E-state index in [1.54, 1.807) is 13.2 Å².